The zero-order valence-corrected chi connectivity index (χ0v) is 23.1. The molecule has 3 amide bonds. The third kappa shape index (κ3) is 4.28. The minimum Gasteiger partial charge on any atom is -0.341 e. The zero-order valence-electron chi connectivity index (χ0n) is 19.8. The average molecular weight is 599 g/mol. The molecule has 0 saturated carbocycles. The number of amides is 3. The number of hydrogen-bond donors (Lipinski definition) is 0. The number of hydrogen-bond acceptors (Lipinski definition) is 6. The minimum atomic E-state index is -0.681. The SMILES string of the molecule is O=C(Cn1c2c(sc1=O)[C@@H](c1ccc(Br)cc1)[C@@H]1C(=O)N(c3ccccc3)C(=O)[C@@H]1S2)N1CCCCC1. The molecule has 2 aromatic carbocycles. The Hall–Kier alpha value is -2.69. The highest BCUT2D eigenvalue weighted by Gasteiger charge is 2.56. The standard InChI is InChI=1S/C27H24BrN3O4S2/c28-17-11-9-16(10-12-17)20-21-22(25(34)31(24(21)33)18-7-3-1-4-8-18)36-26-23(20)37-27(35)30(26)15-19(32)29-13-5-2-6-14-29/h1,3-4,7-12,20-22H,2,5-6,13-15H2/t20-,21-,22+/m0/s1. The number of piperidine rings is 1. The number of nitrogens with zero attached hydrogens (tertiary/aromatic N) is 3. The fraction of sp³-hybridized carbons (Fsp3) is 0.333. The van der Waals surface area contributed by atoms with Gasteiger partial charge in [0.15, 0.2) is 0 Å². The highest BCUT2D eigenvalue weighted by molar-refractivity contribution is 9.10. The monoisotopic (exact) mass is 597 g/mol. The van der Waals surface area contributed by atoms with Crippen LogP contribution in [-0.4, -0.2) is 45.5 Å². The fourth-order valence-electron chi connectivity index (χ4n) is 5.49. The third-order valence-corrected chi connectivity index (χ3v) is 10.4. The maximum atomic E-state index is 13.8. The number of halogens is 1. The van der Waals surface area contributed by atoms with Gasteiger partial charge in [0.1, 0.15) is 11.8 Å². The number of carbonyl (C=O) groups excluding carboxylic acids is 3. The maximum Gasteiger partial charge on any atom is 0.308 e. The van der Waals surface area contributed by atoms with Gasteiger partial charge in [-0.05, 0) is 49.1 Å². The molecular formula is C27H24BrN3O4S2. The van der Waals surface area contributed by atoms with E-state index in [0.29, 0.717) is 23.8 Å². The van der Waals surface area contributed by atoms with E-state index in [4.69, 9.17) is 0 Å². The number of imide groups is 1. The van der Waals surface area contributed by atoms with Gasteiger partial charge in [0.2, 0.25) is 17.7 Å². The summed E-state index contributed by atoms with van der Waals surface area (Å²) in [5.41, 5.74) is 1.41. The van der Waals surface area contributed by atoms with Crippen LogP contribution in [0.3, 0.4) is 0 Å². The van der Waals surface area contributed by atoms with Crippen molar-refractivity contribution in [2.75, 3.05) is 18.0 Å². The Balaban J connectivity index is 1.44. The molecule has 0 bridgehead atoms. The van der Waals surface area contributed by atoms with Crippen molar-refractivity contribution in [2.24, 2.45) is 5.92 Å². The summed E-state index contributed by atoms with van der Waals surface area (Å²) in [6.45, 7) is 1.36. The summed E-state index contributed by atoms with van der Waals surface area (Å²) in [7, 11) is 0. The van der Waals surface area contributed by atoms with Crippen LogP contribution in [0.1, 0.15) is 35.6 Å². The molecule has 0 spiro atoms. The molecule has 190 valence electrons. The highest BCUT2D eigenvalue weighted by Crippen LogP contribution is 2.53. The van der Waals surface area contributed by atoms with Gasteiger partial charge in [0.05, 0.1) is 16.6 Å². The van der Waals surface area contributed by atoms with Crippen LogP contribution in [0.4, 0.5) is 5.69 Å². The summed E-state index contributed by atoms with van der Waals surface area (Å²) < 4.78 is 2.42. The first-order valence-electron chi connectivity index (χ1n) is 12.3. The molecule has 3 aliphatic heterocycles. The number of para-hydroxylation sites is 1. The molecule has 0 radical (unpaired) electrons. The lowest BCUT2D eigenvalue weighted by Gasteiger charge is -2.31. The molecule has 1 aromatic heterocycles. The summed E-state index contributed by atoms with van der Waals surface area (Å²) >= 11 is 5.81. The number of fused-ring (bicyclic) bond motifs is 2. The van der Waals surface area contributed by atoms with E-state index in [1.165, 1.54) is 21.2 Å². The Labute approximate surface area is 230 Å². The lowest BCUT2D eigenvalue weighted by molar-refractivity contribution is -0.133. The Morgan fingerprint density at radius 1 is 0.919 bits per heavy atom. The van der Waals surface area contributed by atoms with Crippen molar-refractivity contribution in [3.8, 4) is 0 Å². The van der Waals surface area contributed by atoms with Gasteiger partial charge >= 0.3 is 4.87 Å². The van der Waals surface area contributed by atoms with Crippen LogP contribution < -0.4 is 9.77 Å². The summed E-state index contributed by atoms with van der Waals surface area (Å²) in [5.74, 6) is -1.72. The van der Waals surface area contributed by atoms with Crippen molar-refractivity contribution >= 4 is 62.4 Å². The van der Waals surface area contributed by atoms with Crippen molar-refractivity contribution < 1.29 is 14.4 Å². The van der Waals surface area contributed by atoms with E-state index in [0.717, 1.165) is 45.5 Å². The van der Waals surface area contributed by atoms with Crippen LogP contribution in [0.2, 0.25) is 0 Å². The van der Waals surface area contributed by atoms with Crippen LogP contribution in [0.15, 0.2) is 68.9 Å². The fourth-order valence-corrected chi connectivity index (χ4v) is 8.53. The largest absolute Gasteiger partial charge is 0.341 e. The van der Waals surface area contributed by atoms with Gasteiger partial charge in [-0.3, -0.25) is 23.7 Å². The molecule has 10 heteroatoms. The van der Waals surface area contributed by atoms with Gasteiger partial charge in [0, 0.05) is 28.4 Å². The van der Waals surface area contributed by atoms with Crippen LogP contribution in [0, 0.1) is 5.92 Å². The quantitative estimate of drug-likeness (QED) is 0.414. The second kappa shape index (κ2) is 9.89. The summed E-state index contributed by atoms with van der Waals surface area (Å²) in [6, 6.07) is 16.6. The zero-order chi connectivity index (χ0) is 25.7. The molecular weight excluding hydrogens is 574 g/mol. The van der Waals surface area contributed by atoms with Gasteiger partial charge in [-0.1, -0.05) is 69.4 Å². The number of anilines is 1. The Morgan fingerprint density at radius 2 is 1.62 bits per heavy atom. The van der Waals surface area contributed by atoms with Gasteiger partial charge in [-0.15, -0.1) is 0 Å². The van der Waals surface area contributed by atoms with Crippen LogP contribution >= 0.6 is 39.0 Å². The molecule has 0 N–H and O–H groups in total. The maximum absolute atomic E-state index is 13.8. The van der Waals surface area contributed by atoms with Crippen molar-refractivity contribution in [3.05, 3.63) is 79.2 Å². The van der Waals surface area contributed by atoms with E-state index in [9.17, 15) is 19.2 Å². The summed E-state index contributed by atoms with van der Waals surface area (Å²) in [5, 5.41) is -0.0511. The highest BCUT2D eigenvalue weighted by atomic mass is 79.9. The van der Waals surface area contributed by atoms with Gasteiger partial charge < -0.3 is 4.90 Å². The Morgan fingerprint density at radius 3 is 2.32 bits per heavy atom. The van der Waals surface area contributed by atoms with E-state index < -0.39 is 17.1 Å². The van der Waals surface area contributed by atoms with Gasteiger partial charge in [-0.25, -0.2) is 4.90 Å². The molecule has 4 heterocycles. The second-order valence-electron chi connectivity index (χ2n) is 9.51. The molecule has 3 aliphatic rings. The molecule has 7 nitrogen and oxygen atoms in total. The topological polar surface area (TPSA) is 79.7 Å². The molecule has 2 saturated heterocycles. The minimum absolute atomic E-state index is 0.0490. The lowest BCUT2D eigenvalue weighted by Crippen LogP contribution is -2.39. The number of thioether (sulfide) groups is 1. The van der Waals surface area contributed by atoms with Gasteiger partial charge in [-0.2, -0.15) is 0 Å². The Bertz CT molecular complexity index is 1430. The number of aromatic nitrogens is 1. The number of rotatable bonds is 4. The second-order valence-corrected chi connectivity index (χ2v) is 12.5. The summed E-state index contributed by atoms with van der Waals surface area (Å²) in [4.78, 5) is 57.5. The summed E-state index contributed by atoms with van der Waals surface area (Å²) in [6.07, 6.45) is 3.05. The lowest BCUT2D eigenvalue weighted by atomic mass is 9.83. The number of likely N-dealkylation sites (tertiary alicyclic amines) is 1. The molecule has 3 atom stereocenters. The normalized spacial score (nSPS) is 23.2. The molecule has 3 aromatic rings. The number of thiazole rings is 1. The first-order chi connectivity index (χ1) is 17.9. The van der Waals surface area contributed by atoms with Crippen LogP contribution in [-0.2, 0) is 20.9 Å². The van der Waals surface area contributed by atoms with Gasteiger partial charge in [0.25, 0.3) is 0 Å². The predicted octanol–water partition coefficient (Wildman–Crippen LogP) is 4.48. The van der Waals surface area contributed by atoms with Crippen LogP contribution in [0.5, 0.6) is 0 Å². The van der Waals surface area contributed by atoms with Crippen molar-refractivity contribution in [1.82, 2.24) is 9.47 Å². The molecule has 0 aliphatic carbocycles. The van der Waals surface area contributed by atoms with Crippen molar-refractivity contribution in [1.29, 1.82) is 0 Å². The van der Waals surface area contributed by atoms with Crippen LogP contribution in [0.25, 0.3) is 0 Å². The van der Waals surface area contributed by atoms with E-state index in [1.807, 2.05) is 35.2 Å². The Kier molecular flexibility index (Phi) is 6.58. The van der Waals surface area contributed by atoms with E-state index >= 15 is 0 Å². The third-order valence-electron chi connectivity index (χ3n) is 7.29. The predicted molar refractivity (Wildman–Crippen MR) is 147 cm³/mol. The van der Waals surface area contributed by atoms with E-state index in [-0.39, 0.29) is 29.1 Å². The number of benzene rings is 2. The molecule has 37 heavy (non-hydrogen) atoms. The number of carbonyl (C=O) groups is 3. The average Bonchev–Trinajstić information content (AvgIpc) is 3.36. The van der Waals surface area contributed by atoms with Crippen molar-refractivity contribution in [2.45, 2.75) is 42.0 Å². The molecule has 2 fully saturated rings. The van der Waals surface area contributed by atoms with E-state index in [2.05, 4.69) is 15.9 Å². The first kappa shape index (κ1) is 24.6. The van der Waals surface area contributed by atoms with E-state index in [1.54, 1.807) is 24.3 Å². The molecule has 0 unspecified atom stereocenters. The van der Waals surface area contributed by atoms with Crippen molar-refractivity contribution in [3.63, 3.8) is 0 Å². The molecule has 6 rings (SSSR count). The smallest absolute Gasteiger partial charge is 0.308 e. The first-order valence-corrected chi connectivity index (χ1v) is 14.8.